The number of aliphatic hydroxyl groups excluding tert-OH is 1. The van der Waals surface area contributed by atoms with Crippen LogP contribution in [0, 0.1) is 35.5 Å². The number of aliphatic hydroxyl groups is 1. The number of nitrogens with zero attached hydrogens (tertiary/aromatic N) is 8. The van der Waals surface area contributed by atoms with E-state index in [4.69, 9.17) is 14.3 Å². The fraction of sp³-hybridized carbons (Fsp3) is 0.838. The smallest absolute Gasteiger partial charge is 0.270 e. The number of fused-ring (bicyclic) bond motifs is 1. The molecule has 11 amide bonds. The molecule has 3 aliphatic rings. The van der Waals surface area contributed by atoms with Gasteiger partial charge < -0.3 is 65.2 Å². The number of carbonyl (C=O) groups is 11. The fourth-order valence-corrected chi connectivity index (χ4v) is 12.6. The summed E-state index contributed by atoms with van der Waals surface area (Å²) in [5.41, 5.74) is 0. The number of rotatable bonds is 22. The van der Waals surface area contributed by atoms with Crippen LogP contribution < -0.4 is 21.3 Å². The second-order valence-electron chi connectivity index (χ2n) is 28.6. The van der Waals surface area contributed by atoms with Crippen LogP contribution in [0.25, 0.3) is 0 Å². The van der Waals surface area contributed by atoms with E-state index in [1.807, 2.05) is 48.5 Å². The zero-order valence-corrected chi connectivity index (χ0v) is 61.4. The van der Waals surface area contributed by atoms with Gasteiger partial charge in [-0.3, -0.25) is 62.5 Å². The highest BCUT2D eigenvalue weighted by Crippen LogP contribution is 2.34. The molecule has 0 aromatic heterocycles. The highest BCUT2D eigenvalue weighted by atomic mass is 16.7. The molecular formula is C68H122N12O15. The minimum Gasteiger partial charge on any atom is -0.396 e. The van der Waals surface area contributed by atoms with Crippen molar-refractivity contribution in [1.29, 1.82) is 0 Å². The second-order valence-corrected chi connectivity index (χ2v) is 28.6. The maximum atomic E-state index is 15.2. The van der Waals surface area contributed by atoms with Crippen LogP contribution in [0.1, 0.15) is 168 Å². The Morgan fingerprint density at radius 1 is 0.537 bits per heavy atom. The summed E-state index contributed by atoms with van der Waals surface area (Å²) in [5, 5.41) is 21.5. The van der Waals surface area contributed by atoms with Gasteiger partial charge in [0, 0.05) is 68.6 Å². The maximum Gasteiger partial charge on any atom is 0.270 e. The van der Waals surface area contributed by atoms with E-state index in [0.717, 1.165) is 31.1 Å². The molecule has 0 radical (unpaired) electrons. The molecule has 0 spiro atoms. The Labute approximate surface area is 566 Å². The van der Waals surface area contributed by atoms with Crippen molar-refractivity contribution >= 4 is 65.0 Å². The van der Waals surface area contributed by atoms with Crippen molar-refractivity contribution in [2.45, 2.75) is 241 Å². The van der Waals surface area contributed by atoms with Crippen LogP contribution in [-0.2, 0) is 67.1 Å². The molecular weight excluding hydrogens is 1220 g/mol. The van der Waals surface area contributed by atoms with Crippen molar-refractivity contribution in [2.24, 2.45) is 35.5 Å². The Morgan fingerprint density at radius 3 is 1.63 bits per heavy atom. The van der Waals surface area contributed by atoms with Gasteiger partial charge >= 0.3 is 0 Å². The summed E-state index contributed by atoms with van der Waals surface area (Å²) in [6.45, 7) is 29.7. The minimum atomic E-state index is -1.38. The second kappa shape index (κ2) is 39.4. The number of likely N-dealkylation sites (N-methyl/N-ethyl adjacent to an activating group) is 6. The fourth-order valence-electron chi connectivity index (χ4n) is 12.6. The highest BCUT2D eigenvalue weighted by Gasteiger charge is 2.55. The molecule has 5 N–H and O–H groups in total. The molecule has 27 heteroatoms. The third kappa shape index (κ3) is 23.3. The van der Waals surface area contributed by atoms with Gasteiger partial charge in [0.1, 0.15) is 60.5 Å². The summed E-state index contributed by atoms with van der Waals surface area (Å²) in [4.78, 5) is 178. The van der Waals surface area contributed by atoms with E-state index >= 15 is 19.2 Å². The molecule has 5 unspecified atom stereocenters. The van der Waals surface area contributed by atoms with Gasteiger partial charge in [-0.1, -0.05) is 95.9 Å². The molecule has 3 fully saturated rings. The molecule has 3 heterocycles. The van der Waals surface area contributed by atoms with E-state index in [1.54, 1.807) is 41.5 Å². The van der Waals surface area contributed by atoms with Gasteiger partial charge in [0.25, 0.3) is 5.91 Å². The summed E-state index contributed by atoms with van der Waals surface area (Å²) in [6, 6.07) is -12.4. The molecule has 0 aliphatic carbocycles. The van der Waals surface area contributed by atoms with Crippen molar-refractivity contribution < 1.29 is 72.2 Å². The molecule has 3 aliphatic heterocycles. The summed E-state index contributed by atoms with van der Waals surface area (Å²) in [7, 11) is 8.62. The average Bonchev–Trinajstić information content (AvgIpc) is 0.759. The minimum absolute atomic E-state index is 0.00424. The zero-order valence-electron chi connectivity index (χ0n) is 61.4. The molecule has 0 saturated carbocycles. The van der Waals surface area contributed by atoms with Gasteiger partial charge in [-0.15, -0.1) is 0 Å². The highest BCUT2D eigenvalue weighted by molar-refractivity contribution is 6.00. The van der Waals surface area contributed by atoms with Crippen molar-refractivity contribution in [1.82, 2.24) is 60.6 Å². The first kappa shape index (κ1) is 83.2. The number of hydroxylamine groups is 2. The maximum absolute atomic E-state index is 15.2. The van der Waals surface area contributed by atoms with Gasteiger partial charge in [0.05, 0.1) is 25.9 Å². The third-order valence-corrected chi connectivity index (χ3v) is 18.8. The molecule has 3 saturated heterocycles. The van der Waals surface area contributed by atoms with Crippen LogP contribution >= 0.6 is 0 Å². The molecule has 0 aromatic carbocycles. The number of hydrogen-bond donors (Lipinski definition) is 5. The normalized spacial score (nSPS) is 27.6. The van der Waals surface area contributed by atoms with Crippen LogP contribution in [0.5, 0.6) is 0 Å². The van der Waals surface area contributed by atoms with Crippen LogP contribution in [0.2, 0.25) is 0 Å². The topological polar surface area (TPSA) is 310 Å². The van der Waals surface area contributed by atoms with Crippen molar-refractivity contribution in [3.8, 4) is 0 Å². The number of morpholine rings is 1. The van der Waals surface area contributed by atoms with Crippen molar-refractivity contribution in [3.05, 3.63) is 0 Å². The number of carbonyl (C=O) groups excluding carboxylic acids is 11. The van der Waals surface area contributed by atoms with Crippen molar-refractivity contribution in [2.75, 3.05) is 94.9 Å². The van der Waals surface area contributed by atoms with Gasteiger partial charge in [-0.2, -0.15) is 0 Å². The first-order chi connectivity index (χ1) is 44.5. The number of unbranched alkanes of at least 4 members (excludes halogenated alkanes) is 3. The van der Waals surface area contributed by atoms with Crippen LogP contribution in [0.3, 0.4) is 0 Å². The van der Waals surface area contributed by atoms with E-state index in [2.05, 4.69) is 26.2 Å². The predicted octanol–water partition coefficient (Wildman–Crippen LogP) is 2.65. The molecule has 13 atom stereocenters. The lowest BCUT2D eigenvalue weighted by atomic mass is 9.88. The summed E-state index contributed by atoms with van der Waals surface area (Å²) in [5.74, 6) is -9.35. The van der Waals surface area contributed by atoms with E-state index < -0.39 is 156 Å². The molecule has 544 valence electrons. The largest absolute Gasteiger partial charge is 0.396 e. The van der Waals surface area contributed by atoms with Gasteiger partial charge in [-0.05, 0) is 114 Å². The first-order valence-electron chi connectivity index (χ1n) is 34.8. The quantitative estimate of drug-likeness (QED) is 0.0974. The summed E-state index contributed by atoms with van der Waals surface area (Å²) >= 11 is 0. The van der Waals surface area contributed by atoms with Gasteiger partial charge in [-0.25, -0.2) is 5.06 Å². The Bertz CT molecular complexity index is 2550. The van der Waals surface area contributed by atoms with Gasteiger partial charge in [0.15, 0.2) is 6.04 Å². The predicted molar refractivity (Wildman–Crippen MR) is 360 cm³/mol. The molecule has 0 bridgehead atoms. The van der Waals surface area contributed by atoms with Crippen LogP contribution in [0.4, 0.5) is 0 Å². The Balaban J connectivity index is 2.26. The van der Waals surface area contributed by atoms with Crippen LogP contribution in [-0.4, -0.2) is 277 Å². The monoisotopic (exact) mass is 1350 g/mol. The molecule has 27 nitrogen and oxygen atoms in total. The SMILES string of the molecule is CCC1NC(=O)[C@@H]2[C@@H]([C@H](C)CCCCCO)ON2C(=O)C(C(C)C)N(C)C(=O)[C@H](CC(C)C)N(C)C(=O)[C@H](CC(C)C)N(C)C(=O)CNC(=O)C(C)NC(=O)[C@H](CC(C)C)N(C)C(=O)C(C(C)C)NC(=O)C([C@@H](C)OCCCCN2CCOCC2)N(C)C(=O)[C@@H](C)N(C)C1=O. The summed E-state index contributed by atoms with van der Waals surface area (Å²) in [6.07, 6.45) is 2.54. The number of ether oxygens (including phenoxy) is 2. The molecule has 95 heavy (non-hydrogen) atoms. The Morgan fingerprint density at radius 2 is 1.08 bits per heavy atom. The lowest BCUT2D eigenvalue weighted by Gasteiger charge is -2.50. The molecule has 0 aromatic rings. The van der Waals surface area contributed by atoms with Crippen molar-refractivity contribution in [3.63, 3.8) is 0 Å². The number of hydrogen-bond acceptors (Lipinski definition) is 16. The van der Waals surface area contributed by atoms with E-state index in [1.165, 1.54) is 85.5 Å². The number of nitrogens with one attached hydrogen (secondary N) is 4. The van der Waals surface area contributed by atoms with Gasteiger partial charge in [0.2, 0.25) is 59.1 Å². The average molecular weight is 1350 g/mol. The summed E-state index contributed by atoms with van der Waals surface area (Å²) < 4.78 is 11.9. The molecule has 3 rings (SSSR count). The standard InChI is InChI=1S/C68H122N12O15/c1-22-49-64(88)73(16)47(14)63(87)78(21)56(48(15)94-33-27-25-29-79-30-34-93-35-31-79)61(85)72-54(43(8)9)67(91)75(18)50(36-40(2)3)60(84)70-46(13)59(83)69-39-53(82)74(17)51(37-41(4)5)65(89)76(19)52(38-42(6)7)66(90)77(20)55(44(10)11)68(92)80-57(62(86)71-49)58(95-80)45(12)28-24-23-26-32-81/h40-52,54-58,81H,22-39H2,1-21H3,(H,69,83)(H,70,84)(H,71,86)(H,72,85)/t45-,46?,47-,48-,49?,50+,51+,52+,54?,55?,56?,57+,58-/m1/s1. The Hall–Kier alpha value is -6.03. The Kier molecular flexibility index (Phi) is 34.5. The van der Waals surface area contributed by atoms with Crippen LogP contribution in [0.15, 0.2) is 0 Å². The number of amides is 11. The third-order valence-electron chi connectivity index (χ3n) is 18.8. The van der Waals surface area contributed by atoms with E-state index in [0.29, 0.717) is 45.3 Å². The lowest BCUT2D eigenvalue weighted by Crippen LogP contribution is -2.72. The van der Waals surface area contributed by atoms with E-state index in [-0.39, 0.29) is 62.6 Å². The van der Waals surface area contributed by atoms with E-state index in [9.17, 15) is 38.7 Å². The first-order valence-corrected chi connectivity index (χ1v) is 34.8. The zero-order chi connectivity index (χ0) is 72.0. The lowest BCUT2D eigenvalue weighted by molar-refractivity contribution is -0.322.